The van der Waals surface area contributed by atoms with Gasteiger partial charge in [0.1, 0.15) is 5.01 Å². The maximum absolute atomic E-state index is 4.21. The van der Waals surface area contributed by atoms with Crippen LogP contribution in [0.15, 0.2) is 27.5 Å². The summed E-state index contributed by atoms with van der Waals surface area (Å²) in [5.41, 5.74) is 0. The van der Waals surface area contributed by atoms with Crippen LogP contribution in [0.3, 0.4) is 0 Å². The number of hydrogen-bond donors (Lipinski definition) is 1. The molecule has 14 heavy (non-hydrogen) atoms. The Morgan fingerprint density at radius 2 is 2.21 bits per heavy atom. The van der Waals surface area contributed by atoms with Crippen LogP contribution in [0, 0.1) is 0 Å². The monoisotopic (exact) mass is 288 g/mol. The lowest BCUT2D eigenvalue weighted by Gasteiger charge is -2.00. The molecule has 5 heteroatoms. The molecule has 2 nitrogen and oxygen atoms in total. The topological polar surface area (TPSA) is 24.9 Å². The third kappa shape index (κ3) is 2.63. The molecule has 0 atom stereocenters. The Kier molecular flexibility index (Phi) is 3.69. The van der Waals surface area contributed by atoms with E-state index in [1.54, 1.807) is 22.7 Å². The van der Waals surface area contributed by atoms with Crippen molar-refractivity contribution in [2.45, 2.75) is 13.1 Å². The third-order valence-corrected chi connectivity index (χ3v) is 4.44. The maximum Gasteiger partial charge on any atom is 0.106 e. The van der Waals surface area contributed by atoms with E-state index in [2.05, 4.69) is 37.7 Å². The first-order valence-corrected chi connectivity index (χ1v) is 6.72. The molecule has 0 unspecified atom stereocenters. The van der Waals surface area contributed by atoms with Gasteiger partial charge in [-0.25, -0.2) is 4.98 Å². The predicted octanol–water partition coefficient (Wildman–Crippen LogP) is 3.26. The molecular weight excluding hydrogens is 280 g/mol. The van der Waals surface area contributed by atoms with E-state index in [9.17, 15) is 0 Å². The largest absolute Gasteiger partial charge is 0.305 e. The van der Waals surface area contributed by atoms with Crippen LogP contribution in [0.2, 0.25) is 0 Å². The molecule has 0 aliphatic carbocycles. The van der Waals surface area contributed by atoms with E-state index in [4.69, 9.17) is 0 Å². The van der Waals surface area contributed by atoms with E-state index in [1.807, 2.05) is 11.6 Å². The molecule has 0 saturated heterocycles. The first-order chi connectivity index (χ1) is 6.86. The fourth-order valence-corrected chi connectivity index (χ4v) is 3.12. The van der Waals surface area contributed by atoms with Crippen molar-refractivity contribution in [3.63, 3.8) is 0 Å². The summed E-state index contributed by atoms with van der Waals surface area (Å²) >= 11 is 6.95. The highest BCUT2D eigenvalue weighted by atomic mass is 79.9. The molecule has 2 aromatic rings. The minimum Gasteiger partial charge on any atom is -0.305 e. The summed E-state index contributed by atoms with van der Waals surface area (Å²) in [4.78, 5) is 5.54. The van der Waals surface area contributed by atoms with Crippen molar-refractivity contribution in [2.75, 3.05) is 0 Å². The third-order valence-electron chi connectivity index (χ3n) is 1.74. The van der Waals surface area contributed by atoms with Crippen LogP contribution in [0.5, 0.6) is 0 Å². The number of halogens is 1. The number of thiazole rings is 1. The number of nitrogens with one attached hydrogen (secondary N) is 1. The zero-order valence-electron chi connectivity index (χ0n) is 7.37. The highest BCUT2D eigenvalue weighted by molar-refractivity contribution is 9.10. The van der Waals surface area contributed by atoms with Crippen molar-refractivity contribution in [2.24, 2.45) is 0 Å². The molecule has 2 rings (SSSR count). The van der Waals surface area contributed by atoms with Gasteiger partial charge in [0.05, 0.1) is 0 Å². The second kappa shape index (κ2) is 5.02. The van der Waals surface area contributed by atoms with Gasteiger partial charge in [-0.3, -0.25) is 0 Å². The van der Waals surface area contributed by atoms with Gasteiger partial charge < -0.3 is 5.32 Å². The fourth-order valence-electron chi connectivity index (χ4n) is 1.07. The number of nitrogens with zero attached hydrogens (tertiary/aromatic N) is 1. The molecule has 0 fully saturated rings. The molecule has 0 aromatic carbocycles. The molecule has 0 aliphatic rings. The second-order valence-electron chi connectivity index (χ2n) is 2.72. The highest BCUT2D eigenvalue weighted by Crippen LogP contribution is 2.22. The van der Waals surface area contributed by atoms with Crippen molar-refractivity contribution in [1.82, 2.24) is 10.3 Å². The van der Waals surface area contributed by atoms with Crippen LogP contribution in [-0.4, -0.2) is 4.98 Å². The summed E-state index contributed by atoms with van der Waals surface area (Å²) in [5, 5.41) is 8.58. The van der Waals surface area contributed by atoms with Crippen molar-refractivity contribution in [3.8, 4) is 0 Å². The summed E-state index contributed by atoms with van der Waals surface area (Å²) < 4.78 is 1.19. The van der Waals surface area contributed by atoms with Crippen LogP contribution in [0.4, 0.5) is 0 Å². The average molecular weight is 289 g/mol. The van der Waals surface area contributed by atoms with Gasteiger partial charge in [-0.1, -0.05) is 0 Å². The quantitative estimate of drug-likeness (QED) is 0.934. The molecular formula is C9H9BrN2S2. The standard InChI is InChI=1S/C9H9BrN2S2/c10-7-1-3-13-8(7)5-11-6-9-12-2-4-14-9/h1-4,11H,5-6H2. The normalized spacial score (nSPS) is 10.6. The summed E-state index contributed by atoms with van der Waals surface area (Å²) in [6.45, 7) is 1.75. The molecule has 2 heterocycles. The molecule has 1 N–H and O–H groups in total. The lowest BCUT2D eigenvalue weighted by Crippen LogP contribution is -2.11. The minimum absolute atomic E-state index is 0.849. The first-order valence-electron chi connectivity index (χ1n) is 4.17. The summed E-state index contributed by atoms with van der Waals surface area (Å²) in [6, 6.07) is 2.07. The van der Waals surface area contributed by atoms with Gasteiger partial charge in [0, 0.05) is 34.0 Å². The van der Waals surface area contributed by atoms with Crippen molar-refractivity contribution < 1.29 is 0 Å². The van der Waals surface area contributed by atoms with Gasteiger partial charge in [-0.2, -0.15) is 0 Å². The lowest BCUT2D eigenvalue weighted by atomic mass is 10.4. The van der Waals surface area contributed by atoms with Gasteiger partial charge in [0.15, 0.2) is 0 Å². The zero-order valence-corrected chi connectivity index (χ0v) is 10.6. The van der Waals surface area contributed by atoms with Gasteiger partial charge >= 0.3 is 0 Å². The average Bonchev–Trinajstić information content (AvgIpc) is 2.78. The molecule has 0 saturated carbocycles. The van der Waals surface area contributed by atoms with E-state index in [-0.39, 0.29) is 0 Å². The first kappa shape index (κ1) is 10.3. The van der Waals surface area contributed by atoms with Gasteiger partial charge in [-0.05, 0) is 27.4 Å². The summed E-state index contributed by atoms with van der Waals surface area (Å²) in [5.74, 6) is 0. The molecule has 0 radical (unpaired) electrons. The summed E-state index contributed by atoms with van der Waals surface area (Å²) in [7, 11) is 0. The number of hydrogen-bond acceptors (Lipinski definition) is 4. The van der Waals surface area contributed by atoms with Crippen LogP contribution in [-0.2, 0) is 13.1 Å². The van der Waals surface area contributed by atoms with Crippen LogP contribution in [0.1, 0.15) is 9.88 Å². The fraction of sp³-hybridized carbons (Fsp3) is 0.222. The lowest BCUT2D eigenvalue weighted by molar-refractivity contribution is 0.696. The van der Waals surface area contributed by atoms with E-state index in [1.165, 1.54) is 9.35 Å². The van der Waals surface area contributed by atoms with E-state index in [0.29, 0.717) is 0 Å². The van der Waals surface area contributed by atoms with Crippen LogP contribution in [0.25, 0.3) is 0 Å². The summed E-state index contributed by atoms with van der Waals surface area (Å²) in [6.07, 6.45) is 1.84. The van der Waals surface area contributed by atoms with Crippen LogP contribution < -0.4 is 5.32 Å². The van der Waals surface area contributed by atoms with Crippen LogP contribution >= 0.6 is 38.6 Å². The van der Waals surface area contributed by atoms with E-state index in [0.717, 1.165) is 18.1 Å². The van der Waals surface area contributed by atoms with Gasteiger partial charge in [-0.15, -0.1) is 22.7 Å². The molecule has 74 valence electrons. The van der Waals surface area contributed by atoms with Gasteiger partial charge in [0.2, 0.25) is 0 Å². The Hall–Kier alpha value is -0.230. The van der Waals surface area contributed by atoms with Crippen molar-refractivity contribution in [1.29, 1.82) is 0 Å². The Bertz CT molecular complexity index is 383. The Morgan fingerprint density at radius 1 is 1.29 bits per heavy atom. The minimum atomic E-state index is 0.849. The zero-order chi connectivity index (χ0) is 9.80. The molecule has 0 amide bonds. The number of aromatic nitrogens is 1. The molecule has 2 aromatic heterocycles. The van der Waals surface area contributed by atoms with E-state index >= 15 is 0 Å². The predicted molar refractivity (Wildman–Crippen MR) is 64.7 cm³/mol. The number of rotatable bonds is 4. The van der Waals surface area contributed by atoms with E-state index < -0.39 is 0 Å². The SMILES string of the molecule is Brc1ccsc1CNCc1nccs1. The highest BCUT2D eigenvalue weighted by Gasteiger charge is 2.00. The Balaban J connectivity index is 1.81. The van der Waals surface area contributed by atoms with Crippen molar-refractivity contribution in [3.05, 3.63) is 37.4 Å². The Morgan fingerprint density at radius 3 is 2.86 bits per heavy atom. The van der Waals surface area contributed by atoms with Crippen molar-refractivity contribution >= 4 is 38.6 Å². The number of thiophene rings is 1. The smallest absolute Gasteiger partial charge is 0.106 e. The van der Waals surface area contributed by atoms with Gasteiger partial charge in [0.25, 0.3) is 0 Å². The molecule has 0 bridgehead atoms. The molecule has 0 aliphatic heterocycles. The molecule has 0 spiro atoms. The maximum atomic E-state index is 4.21. The Labute approximate surface area is 99.1 Å². The second-order valence-corrected chi connectivity index (χ2v) is 5.56.